The molecule has 2 aromatic carbocycles. The highest BCUT2D eigenvalue weighted by Crippen LogP contribution is 2.34. The van der Waals surface area contributed by atoms with Gasteiger partial charge in [-0.15, -0.1) is 0 Å². The molecule has 0 aliphatic carbocycles. The first-order chi connectivity index (χ1) is 16.1. The lowest BCUT2D eigenvalue weighted by molar-refractivity contribution is -0.116. The Balaban J connectivity index is 1.25. The number of hydrogen-bond donors (Lipinski definition) is 1. The topological polar surface area (TPSA) is 80.8 Å². The molecule has 0 unspecified atom stereocenters. The first-order valence-electron chi connectivity index (χ1n) is 10.8. The molecule has 1 N–H and O–H groups in total. The van der Waals surface area contributed by atoms with Gasteiger partial charge in [0.2, 0.25) is 5.91 Å². The molecule has 8 heteroatoms. The van der Waals surface area contributed by atoms with Crippen LogP contribution in [0.1, 0.15) is 34.5 Å². The Labute approximate surface area is 196 Å². The van der Waals surface area contributed by atoms with E-state index in [1.807, 2.05) is 49.4 Å². The molecule has 3 heterocycles. The maximum atomic E-state index is 12.8. The van der Waals surface area contributed by atoms with Gasteiger partial charge in [-0.1, -0.05) is 30.0 Å². The number of pyridine rings is 1. The molecule has 0 bridgehead atoms. The molecular weight excluding hydrogens is 438 g/mol. The molecule has 2 aliphatic heterocycles. The Morgan fingerprint density at radius 3 is 2.73 bits per heavy atom. The third kappa shape index (κ3) is 4.52. The van der Waals surface area contributed by atoms with Crippen LogP contribution in [0.25, 0.3) is 0 Å². The van der Waals surface area contributed by atoms with Crippen molar-refractivity contribution in [2.75, 3.05) is 23.9 Å². The van der Waals surface area contributed by atoms with Gasteiger partial charge in [0.15, 0.2) is 11.5 Å². The molecule has 2 aliphatic rings. The number of fused-ring (bicyclic) bond motifs is 2. The van der Waals surface area contributed by atoms with Crippen LogP contribution in [0.3, 0.4) is 0 Å². The molecule has 0 fully saturated rings. The number of nitrogens with one attached hydrogen (secondary N) is 1. The normalized spacial score (nSPS) is 15.5. The Kier molecular flexibility index (Phi) is 5.92. The van der Waals surface area contributed by atoms with Gasteiger partial charge in [0.05, 0.1) is 24.0 Å². The van der Waals surface area contributed by atoms with Gasteiger partial charge in [-0.25, -0.2) is 4.98 Å². The molecule has 0 saturated carbocycles. The van der Waals surface area contributed by atoms with Gasteiger partial charge in [-0.2, -0.15) is 0 Å². The van der Waals surface area contributed by atoms with E-state index in [0.717, 1.165) is 27.6 Å². The highest BCUT2D eigenvalue weighted by Gasteiger charge is 2.25. The van der Waals surface area contributed by atoms with Gasteiger partial charge in [-0.05, 0) is 54.4 Å². The van der Waals surface area contributed by atoms with Crippen LogP contribution in [0.4, 0.5) is 5.69 Å². The van der Waals surface area contributed by atoms with E-state index in [4.69, 9.17) is 9.47 Å². The van der Waals surface area contributed by atoms with Gasteiger partial charge >= 0.3 is 0 Å². The van der Waals surface area contributed by atoms with Crippen LogP contribution in [0.5, 0.6) is 11.5 Å². The van der Waals surface area contributed by atoms with E-state index in [9.17, 15) is 9.59 Å². The molecule has 1 atom stereocenters. The van der Waals surface area contributed by atoms with Crippen molar-refractivity contribution in [3.8, 4) is 11.5 Å². The first kappa shape index (κ1) is 21.3. The van der Waals surface area contributed by atoms with Crippen LogP contribution in [0.2, 0.25) is 0 Å². The smallest absolute Gasteiger partial charge is 0.251 e. The van der Waals surface area contributed by atoms with Gasteiger partial charge in [0, 0.05) is 11.8 Å². The molecule has 168 valence electrons. The zero-order chi connectivity index (χ0) is 22.8. The second-order valence-electron chi connectivity index (χ2n) is 7.89. The van der Waals surface area contributed by atoms with E-state index < -0.39 is 0 Å². The summed E-state index contributed by atoms with van der Waals surface area (Å²) in [5.41, 5.74) is 3.28. The summed E-state index contributed by atoms with van der Waals surface area (Å²) in [5, 5.41) is 3.89. The average molecular weight is 462 g/mol. The van der Waals surface area contributed by atoms with Crippen LogP contribution in [-0.4, -0.2) is 35.8 Å². The largest absolute Gasteiger partial charge is 0.486 e. The highest BCUT2D eigenvalue weighted by molar-refractivity contribution is 8.00. The summed E-state index contributed by atoms with van der Waals surface area (Å²) in [5.74, 6) is 1.69. The van der Waals surface area contributed by atoms with E-state index in [1.54, 1.807) is 23.2 Å². The molecule has 2 amide bonds. The molecule has 3 aromatic rings. The monoisotopic (exact) mass is 461 g/mol. The van der Waals surface area contributed by atoms with Crippen LogP contribution in [0.15, 0.2) is 65.8 Å². The lowest BCUT2D eigenvalue weighted by atomic mass is 10.1. The van der Waals surface area contributed by atoms with E-state index in [-0.39, 0.29) is 17.9 Å². The number of nitrogens with zero attached hydrogens (tertiary/aromatic N) is 2. The molecular formula is C25H23N3O4S. The zero-order valence-electron chi connectivity index (χ0n) is 18.1. The Hall–Kier alpha value is -3.52. The molecule has 7 nitrogen and oxygen atoms in total. The third-order valence-electron chi connectivity index (χ3n) is 5.65. The number of rotatable bonds is 5. The number of aromatic nitrogens is 1. The number of hydrogen-bond acceptors (Lipinski definition) is 6. The van der Waals surface area contributed by atoms with Crippen molar-refractivity contribution in [3.05, 3.63) is 77.5 Å². The van der Waals surface area contributed by atoms with Crippen LogP contribution < -0.4 is 19.7 Å². The SMILES string of the molecule is C[C@@H](NC(=O)c1ccc(CN2C(=O)CSc3ncccc32)cc1)c1ccc2c(c1)OCCO2. The van der Waals surface area contributed by atoms with Crippen molar-refractivity contribution in [1.82, 2.24) is 10.3 Å². The number of carbonyl (C=O) groups excluding carboxylic acids is 2. The number of ether oxygens (including phenoxy) is 2. The van der Waals surface area contributed by atoms with Crippen molar-refractivity contribution < 1.29 is 19.1 Å². The van der Waals surface area contributed by atoms with Gasteiger partial charge in [0.1, 0.15) is 18.2 Å². The minimum atomic E-state index is -0.194. The van der Waals surface area contributed by atoms with E-state index in [2.05, 4.69) is 10.3 Å². The van der Waals surface area contributed by atoms with Crippen LogP contribution >= 0.6 is 11.8 Å². The Bertz CT molecular complexity index is 1200. The van der Waals surface area contributed by atoms with Crippen molar-refractivity contribution in [1.29, 1.82) is 0 Å². The maximum absolute atomic E-state index is 12.8. The number of benzene rings is 2. The summed E-state index contributed by atoms with van der Waals surface area (Å²) in [7, 11) is 0. The summed E-state index contributed by atoms with van der Waals surface area (Å²) >= 11 is 1.46. The van der Waals surface area contributed by atoms with Crippen molar-refractivity contribution in [3.63, 3.8) is 0 Å². The maximum Gasteiger partial charge on any atom is 0.251 e. The lowest BCUT2D eigenvalue weighted by Crippen LogP contribution is -2.35. The highest BCUT2D eigenvalue weighted by atomic mass is 32.2. The molecule has 0 radical (unpaired) electrons. The first-order valence-corrected chi connectivity index (χ1v) is 11.7. The fourth-order valence-electron chi connectivity index (χ4n) is 3.85. The third-order valence-corrected chi connectivity index (χ3v) is 6.63. The summed E-state index contributed by atoms with van der Waals surface area (Å²) in [6, 6.07) is 16.6. The van der Waals surface area contributed by atoms with Crippen molar-refractivity contribution in [2.45, 2.75) is 24.5 Å². The fourth-order valence-corrected chi connectivity index (χ4v) is 4.73. The van der Waals surface area contributed by atoms with Crippen LogP contribution in [-0.2, 0) is 11.3 Å². The summed E-state index contributed by atoms with van der Waals surface area (Å²) < 4.78 is 11.2. The number of thioether (sulfide) groups is 1. The van der Waals surface area contributed by atoms with Gasteiger partial charge in [0.25, 0.3) is 5.91 Å². The van der Waals surface area contributed by atoms with Gasteiger partial charge in [-0.3, -0.25) is 9.59 Å². The Morgan fingerprint density at radius 1 is 1.12 bits per heavy atom. The molecule has 0 spiro atoms. The van der Waals surface area contributed by atoms with Crippen molar-refractivity contribution >= 4 is 29.3 Å². The molecule has 5 rings (SSSR count). The second-order valence-corrected chi connectivity index (χ2v) is 8.86. The van der Waals surface area contributed by atoms with E-state index >= 15 is 0 Å². The molecule has 1 aromatic heterocycles. The summed E-state index contributed by atoms with van der Waals surface area (Å²) in [6.07, 6.45) is 1.74. The lowest BCUT2D eigenvalue weighted by Gasteiger charge is -2.28. The van der Waals surface area contributed by atoms with Gasteiger partial charge < -0.3 is 19.7 Å². The van der Waals surface area contributed by atoms with E-state index in [0.29, 0.717) is 36.8 Å². The standard InChI is InChI=1S/C25H23N3O4S/c1-16(19-8-9-21-22(13-19)32-12-11-31-21)27-24(30)18-6-4-17(5-7-18)14-28-20-3-2-10-26-25(20)33-15-23(28)29/h2-10,13,16H,11-12,14-15H2,1H3,(H,27,30)/t16-/m1/s1. The molecule has 0 saturated heterocycles. The zero-order valence-corrected chi connectivity index (χ0v) is 18.9. The van der Waals surface area contributed by atoms with Crippen LogP contribution in [0, 0.1) is 0 Å². The minimum Gasteiger partial charge on any atom is -0.486 e. The predicted molar refractivity (Wildman–Crippen MR) is 126 cm³/mol. The average Bonchev–Trinajstić information content (AvgIpc) is 2.86. The van der Waals surface area contributed by atoms with E-state index in [1.165, 1.54) is 11.8 Å². The number of anilines is 1. The number of amides is 2. The fraction of sp³-hybridized carbons (Fsp3) is 0.240. The van der Waals surface area contributed by atoms with Crippen molar-refractivity contribution in [2.24, 2.45) is 0 Å². The second kappa shape index (κ2) is 9.15. The quantitative estimate of drug-likeness (QED) is 0.619. The summed E-state index contributed by atoms with van der Waals surface area (Å²) in [4.78, 5) is 31.4. The number of carbonyl (C=O) groups is 2. The Morgan fingerprint density at radius 2 is 1.91 bits per heavy atom. The predicted octanol–water partition coefficient (Wildman–Crippen LogP) is 3.98. The molecule has 33 heavy (non-hydrogen) atoms. The minimum absolute atomic E-state index is 0.0515. The summed E-state index contributed by atoms with van der Waals surface area (Å²) in [6.45, 7) is 3.44.